The van der Waals surface area contributed by atoms with Crippen LogP contribution in [0.25, 0.3) is 0 Å². The van der Waals surface area contributed by atoms with Gasteiger partial charge in [-0.2, -0.15) is 8.42 Å². The molecule has 0 saturated carbocycles. The first-order valence-electron chi connectivity index (χ1n) is 9.10. The van der Waals surface area contributed by atoms with Gasteiger partial charge in [0.2, 0.25) is 5.66 Å². The molecule has 29 heavy (non-hydrogen) atoms. The van der Waals surface area contributed by atoms with Gasteiger partial charge in [0, 0.05) is 6.42 Å². The monoisotopic (exact) mass is 418 g/mol. The van der Waals surface area contributed by atoms with Crippen LogP contribution in [0.3, 0.4) is 0 Å². The molecule has 0 unspecified atom stereocenters. The molecule has 0 spiro atoms. The highest BCUT2D eigenvalue weighted by atomic mass is 32.2. The molecule has 0 saturated heterocycles. The molecule has 0 aliphatic carbocycles. The number of sulfonamides is 1. The molecule has 0 aromatic heterocycles. The molecule has 0 amide bonds. The van der Waals surface area contributed by atoms with Crippen molar-refractivity contribution < 1.29 is 18.3 Å². The minimum atomic E-state index is -4.31. The lowest BCUT2D eigenvalue weighted by Crippen LogP contribution is -2.63. The van der Waals surface area contributed by atoms with E-state index < -0.39 is 21.7 Å². The Labute approximate surface area is 171 Å². The summed E-state index contributed by atoms with van der Waals surface area (Å²) in [6.45, 7) is 3.64. The lowest BCUT2D eigenvalue weighted by Gasteiger charge is -2.42. The molecule has 156 valence electrons. The van der Waals surface area contributed by atoms with Gasteiger partial charge in [0.15, 0.2) is 0 Å². The first-order chi connectivity index (χ1) is 13.6. The van der Waals surface area contributed by atoms with Crippen molar-refractivity contribution in [2.45, 2.75) is 30.8 Å². The van der Waals surface area contributed by atoms with Crippen LogP contribution in [0.1, 0.15) is 20.3 Å². The van der Waals surface area contributed by atoms with Crippen molar-refractivity contribution in [2.24, 2.45) is 16.3 Å². The summed E-state index contributed by atoms with van der Waals surface area (Å²) in [6.07, 6.45) is 0.00913. The standard InChI is InChI=1S/C20H26N4O4S/c1-16(2)15-20(19(25)26,23(3)4)24(22-21-17-11-7-5-8-12-17)29(27,28)18-13-9-6-10-14-18/h5-14,16H,15H2,1-4H3,(H,25,26)/t20-/m0/s1. The summed E-state index contributed by atoms with van der Waals surface area (Å²) in [5.74, 6) is -1.46. The van der Waals surface area contributed by atoms with E-state index in [-0.39, 0.29) is 17.2 Å². The smallest absolute Gasteiger partial charge is 0.347 e. The van der Waals surface area contributed by atoms with Crippen LogP contribution in [0.5, 0.6) is 0 Å². The fraction of sp³-hybridized carbons (Fsp3) is 0.350. The van der Waals surface area contributed by atoms with Crippen molar-refractivity contribution in [1.82, 2.24) is 9.31 Å². The molecule has 0 aliphatic rings. The van der Waals surface area contributed by atoms with Gasteiger partial charge in [-0.3, -0.25) is 4.90 Å². The number of hydrogen-bond acceptors (Lipinski definition) is 6. The van der Waals surface area contributed by atoms with E-state index in [0.29, 0.717) is 10.1 Å². The molecule has 0 aliphatic heterocycles. The Balaban J connectivity index is 2.73. The SMILES string of the molecule is CC(C)C[C@](C(=O)O)(N(C)C)N(N=Nc1ccccc1)S(=O)(=O)c1ccccc1. The van der Waals surface area contributed by atoms with E-state index in [1.54, 1.807) is 48.5 Å². The van der Waals surface area contributed by atoms with Gasteiger partial charge in [-0.25, -0.2) is 4.79 Å². The fourth-order valence-electron chi connectivity index (χ4n) is 2.96. The van der Waals surface area contributed by atoms with Crippen LogP contribution in [0.2, 0.25) is 0 Å². The van der Waals surface area contributed by atoms with Crippen LogP contribution in [-0.4, -0.2) is 48.6 Å². The first kappa shape index (κ1) is 22.5. The molecule has 1 atom stereocenters. The van der Waals surface area contributed by atoms with Crippen LogP contribution < -0.4 is 0 Å². The number of benzene rings is 2. The van der Waals surface area contributed by atoms with Crippen molar-refractivity contribution >= 4 is 21.7 Å². The molecule has 9 heteroatoms. The van der Waals surface area contributed by atoms with Gasteiger partial charge in [0.25, 0.3) is 10.0 Å². The lowest BCUT2D eigenvalue weighted by molar-refractivity contribution is -0.161. The molecule has 0 fully saturated rings. The average molecular weight is 419 g/mol. The Morgan fingerprint density at radius 2 is 1.55 bits per heavy atom. The van der Waals surface area contributed by atoms with Crippen molar-refractivity contribution in [3.05, 3.63) is 60.7 Å². The second-order valence-electron chi connectivity index (χ2n) is 7.20. The predicted molar refractivity (Wildman–Crippen MR) is 110 cm³/mol. The molecule has 0 heterocycles. The minimum absolute atomic E-state index is 0.00913. The van der Waals surface area contributed by atoms with E-state index >= 15 is 0 Å². The van der Waals surface area contributed by atoms with Gasteiger partial charge >= 0.3 is 5.97 Å². The second-order valence-corrected chi connectivity index (χ2v) is 8.97. The van der Waals surface area contributed by atoms with E-state index in [9.17, 15) is 18.3 Å². The van der Waals surface area contributed by atoms with Gasteiger partial charge in [0.1, 0.15) is 0 Å². The van der Waals surface area contributed by atoms with E-state index in [2.05, 4.69) is 10.3 Å². The molecule has 2 aromatic carbocycles. The van der Waals surface area contributed by atoms with Crippen molar-refractivity contribution in [1.29, 1.82) is 0 Å². The number of likely N-dealkylation sites (N-methyl/N-ethyl adjacent to an activating group) is 1. The average Bonchev–Trinajstić information content (AvgIpc) is 2.67. The van der Waals surface area contributed by atoms with Gasteiger partial charge < -0.3 is 5.11 Å². The molecular formula is C20H26N4O4S. The molecule has 2 rings (SSSR count). The Morgan fingerprint density at radius 1 is 1.03 bits per heavy atom. The molecule has 2 aromatic rings. The third-order valence-corrected chi connectivity index (χ3v) is 6.06. The molecule has 0 bridgehead atoms. The largest absolute Gasteiger partial charge is 0.478 e. The van der Waals surface area contributed by atoms with E-state index in [1.807, 2.05) is 13.8 Å². The fourth-order valence-corrected chi connectivity index (χ4v) is 4.51. The Bertz CT molecular complexity index is 947. The summed E-state index contributed by atoms with van der Waals surface area (Å²) < 4.78 is 27.6. The summed E-state index contributed by atoms with van der Waals surface area (Å²) in [6, 6.07) is 16.2. The second kappa shape index (κ2) is 9.15. The maximum atomic E-state index is 13.5. The predicted octanol–water partition coefficient (Wildman–Crippen LogP) is 3.76. The lowest BCUT2D eigenvalue weighted by atomic mass is 9.96. The highest BCUT2D eigenvalue weighted by Gasteiger charge is 2.53. The van der Waals surface area contributed by atoms with E-state index in [0.717, 1.165) is 0 Å². The Kier molecular flexibility index (Phi) is 7.10. The maximum absolute atomic E-state index is 13.5. The van der Waals surface area contributed by atoms with Gasteiger partial charge in [-0.15, -0.1) is 9.53 Å². The zero-order valence-electron chi connectivity index (χ0n) is 16.9. The van der Waals surface area contributed by atoms with Crippen LogP contribution in [0.4, 0.5) is 5.69 Å². The Morgan fingerprint density at radius 3 is 2.00 bits per heavy atom. The van der Waals surface area contributed by atoms with Crippen molar-refractivity contribution in [3.8, 4) is 0 Å². The normalized spacial score (nSPS) is 14.3. The number of rotatable bonds is 9. The summed E-state index contributed by atoms with van der Waals surface area (Å²) in [5, 5.41) is 18.1. The maximum Gasteiger partial charge on any atom is 0.347 e. The van der Waals surface area contributed by atoms with Gasteiger partial charge in [-0.1, -0.05) is 55.5 Å². The van der Waals surface area contributed by atoms with Crippen LogP contribution >= 0.6 is 0 Å². The van der Waals surface area contributed by atoms with Crippen LogP contribution in [0.15, 0.2) is 75.9 Å². The zero-order valence-corrected chi connectivity index (χ0v) is 17.7. The quantitative estimate of drug-likeness (QED) is 0.379. The van der Waals surface area contributed by atoms with Crippen molar-refractivity contribution in [2.75, 3.05) is 14.1 Å². The molecule has 1 N–H and O–H groups in total. The number of nitrogens with zero attached hydrogens (tertiary/aromatic N) is 4. The van der Waals surface area contributed by atoms with E-state index in [1.165, 1.54) is 31.1 Å². The number of carboxylic acids is 1. The number of carbonyl (C=O) groups is 1. The molecule has 8 nitrogen and oxygen atoms in total. The zero-order chi connectivity index (χ0) is 21.7. The van der Waals surface area contributed by atoms with Gasteiger partial charge in [0.05, 0.1) is 10.6 Å². The van der Waals surface area contributed by atoms with E-state index in [4.69, 9.17) is 0 Å². The number of hydrogen-bond donors (Lipinski definition) is 1. The highest BCUT2D eigenvalue weighted by Crippen LogP contribution is 2.34. The minimum Gasteiger partial charge on any atom is -0.478 e. The van der Waals surface area contributed by atoms with Crippen LogP contribution in [0, 0.1) is 5.92 Å². The summed E-state index contributed by atoms with van der Waals surface area (Å²) >= 11 is 0. The summed E-state index contributed by atoms with van der Waals surface area (Å²) in [4.78, 5) is 13.8. The summed E-state index contributed by atoms with van der Waals surface area (Å²) in [5.41, 5.74) is -1.55. The first-order valence-corrected chi connectivity index (χ1v) is 10.5. The van der Waals surface area contributed by atoms with Gasteiger partial charge in [-0.05, 0) is 44.3 Å². The number of aliphatic carboxylic acids is 1. The third-order valence-electron chi connectivity index (χ3n) is 4.36. The van der Waals surface area contributed by atoms with Crippen LogP contribution in [-0.2, 0) is 14.8 Å². The van der Waals surface area contributed by atoms with Crippen molar-refractivity contribution in [3.63, 3.8) is 0 Å². The third kappa shape index (κ3) is 4.80. The highest BCUT2D eigenvalue weighted by molar-refractivity contribution is 7.89. The number of carboxylic acid groups (broad SMARTS) is 1. The Hall–Kier alpha value is -2.78. The molecule has 0 radical (unpaired) electrons. The topological polar surface area (TPSA) is 103 Å². The molecular weight excluding hydrogens is 392 g/mol. The summed E-state index contributed by atoms with van der Waals surface area (Å²) in [7, 11) is -1.28.